The topological polar surface area (TPSA) is 140 Å². The van der Waals surface area contributed by atoms with Crippen molar-refractivity contribution in [3.8, 4) is 5.88 Å². The summed E-state index contributed by atoms with van der Waals surface area (Å²) in [6.07, 6.45) is 7.06. The van der Waals surface area contributed by atoms with E-state index in [1.54, 1.807) is 0 Å². The highest BCUT2D eigenvalue weighted by molar-refractivity contribution is 6.02. The van der Waals surface area contributed by atoms with E-state index < -0.39 is 0 Å². The molecular weight excluding hydrogens is 326 g/mol. The van der Waals surface area contributed by atoms with E-state index in [4.69, 9.17) is 14.9 Å². The molecule has 25 heavy (non-hydrogen) atoms. The Balaban J connectivity index is 1.67. The minimum atomic E-state index is -0.323. The molecule has 0 radical (unpaired) electrons. The van der Waals surface area contributed by atoms with Crippen molar-refractivity contribution in [1.82, 2.24) is 20.3 Å². The van der Waals surface area contributed by atoms with Gasteiger partial charge in [-0.15, -0.1) is 0 Å². The number of carbonyl (C=O) groups is 1. The molecule has 3 heterocycles. The molecular formula is C15H19N7O3. The summed E-state index contributed by atoms with van der Waals surface area (Å²) in [4.78, 5) is 24.9. The number of anilines is 3. The van der Waals surface area contributed by atoms with Crippen LogP contribution in [0.2, 0.25) is 0 Å². The zero-order valence-corrected chi connectivity index (χ0v) is 13.5. The maximum absolute atomic E-state index is 12.2. The Morgan fingerprint density at radius 2 is 2.16 bits per heavy atom. The number of amides is 1. The average Bonchev–Trinajstić information content (AvgIpc) is 3.10. The molecule has 4 rings (SSSR count). The van der Waals surface area contributed by atoms with Crippen molar-refractivity contribution >= 4 is 23.7 Å². The maximum Gasteiger partial charge on any atom is 0.300 e. The number of carbonyl (C=O) groups excluding carboxylic acids is 1. The second kappa shape index (κ2) is 6.55. The molecule has 1 aliphatic carbocycles. The van der Waals surface area contributed by atoms with Crippen LogP contribution in [0.15, 0.2) is 16.9 Å². The van der Waals surface area contributed by atoms with Gasteiger partial charge in [-0.1, -0.05) is 12.8 Å². The molecule has 2 aromatic rings. The molecule has 2 unspecified atom stereocenters. The van der Waals surface area contributed by atoms with Gasteiger partial charge in [-0.2, -0.15) is 9.97 Å². The van der Waals surface area contributed by atoms with E-state index in [2.05, 4.69) is 30.9 Å². The molecule has 0 spiro atoms. The third kappa shape index (κ3) is 3.20. The SMILES string of the molecule is NC1CCCCC1Nc1nc(Nc2ncco2)c2c(n1)OCNC2=O. The molecule has 2 aromatic heterocycles. The number of hydrogen-bond donors (Lipinski definition) is 4. The number of nitrogens with zero attached hydrogens (tertiary/aromatic N) is 3. The molecule has 1 aliphatic heterocycles. The summed E-state index contributed by atoms with van der Waals surface area (Å²) in [6.45, 7) is 0.0592. The first-order valence-corrected chi connectivity index (χ1v) is 8.22. The first kappa shape index (κ1) is 15.6. The first-order chi connectivity index (χ1) is 12.2. The molecule has 10 heteroatoms. The van der Waals surface area contributed by atoms with Gasteiger partial charge in [0.2, 0.25) is 11.8 Å². The van der Waals surface area contributed by atoms with Crippen LogP contribution in [0, 0.1) is 0 Å². The van der Waals surface area contributed by atoms with Crippen LogP contribution < -0.4 is 26.4 Å². The number of fused-ring (bicyclic) bond motifs is 1. The van der Waals surface area contributed by atoms with E-state index in [0.29, 0.717) is 5.95 Å². The number of aromatic nitrogens is 3. The fourth-order valence-electron chi connectivity index (χ4n) is 3.05. The van der Waals surface area contributed by atoms with E-state index in [1.165, 1.54) is 12.5 Å². The second-order valence-electron chi connectivity index (χ2n) is 6.03. The minimum Gasteiger partial charge on any atom is -0.456 e. The largest absolute Gasteiger partial charge is 0.456 e. The van der Waals surface area contributed by atoms with Gasteiger partial charge >= 0.3 is 0 Å². The van der Waals surface area contributed by atoms with Crippen molar-refractivity contribution in [3.05, 3.63) is 18.0 Å². The summed E-state index contributed by atoms with van der Waals surface area (Å²) in [5.41, 5.74) is 6.39. The molecule has 5 N–H and O–H groups in total. The van der Waals surface area contributed by atoms with Gasteiger partial charge in [0, 0.05) is 12.1 Å². The van der Waals surface area contributed by atoms with Crippen LogP contribution in [0.3, 0.4) is 0 Å². The highest BCUT2D eigenvalue weighted by Gasteiger charge is 2.28. The van der Waals surface area contributed by atoms with E-state index in [1.807, 2.05) is 0 Å². The van der Waals surface area contributed by atoms with Crippen molar-refractivity contribution in [1.29, 1.82) is 0 Å². The molecule has 0 aromatic carbocycles. The van der Waals surface area contributed by atoms with Crippen molar-refractivity contribution in [2.75, 3.05) is 17.4 Å². The maximum atomic E-state index is 12.2. The van der Waals surface area contributed by atoms with Crippen LogP contribution in [0.1, 0.15) is 36.0 Å². The van der Waals surface area contributed by atoms with Gasteiger partial charge in [0.25, 0.3) is 11.9 Å². The molecule has 132 valence electrons. The number of nitrogens with one attached hydrogen (secondary N) is 3. The zero-order valence-electron chi connectivity index (χ0n) is 13.5. The third-order valence-electron chi connectivity index (χ3n) is 4.34. The fraction of sp³-hybridized carbons (Fsp3) is 0.467. The first-order valence-electron chi connectivity index (χ1n) is 8.22. The number of ether oxygens (including phenoxy) is 1. The molecule has 10 nitrogen and oxygen atoms in total. The Kier molecular flexibility index (Phi) is 4.10. The van der Waals surface area contributed by atoms with Crippen LogP contribution in [0.5, 0.6) is 5.88 Å². The summed E-state index contributed by atoms with van der Waals surface area (Å²) in [6, 6.07) is 0.346. The Labute approximate surface area is 143 Å². The summed E-state index contributed by atoms with van der Waals surface area (Å²) < 4.78 is 10.6. The Hall–Kier alpha value is -2.88. The van der Waals surface area contributed by atoms with Crippen LogP contribution in [-0.2, 0) is 0 Å². The lowest BCUT2D eigenvalue weighted by Crippen LogP contribution is -2.43. The number of rotatable bonds is 4. The minimum absolute atomic E-state index is 0.0424. The number of hydrogen-bond acceptors (Lipinski definition) is 9. The van der Waals surface area contributed by atoms with Crippen molar-refractivity contribution in [3.63, 3.8) is 0 Å². The van der Waals surface area contributed by atoms with Gasteiger partial charge in [0.1, 0.15) is 11.8 Å². The average molecular weight is 345 g/mol. The summed E-state index contributed by atoms with van der Waals surface area (Å²) in [5, 5.41) is 8.75. The third-order valence-corrected chi connectivity index (χ3v) is 4.34. The molecule has 1 fully saturated rings. The summed E-state index contributed by atoms with van der Waals surface area (Å²) >= 11 is 0. The van der Waals surface area contributed by atoms with E-state index >= 15 is 0 Å². The predicted molar refractivity (Wildman–Crippen MR) is 88.6 cm³/mol. The smallest absolute Gasteiger partial charge is 0.300 e. The predicted octanol–water partition coefficient (Wildman–Crippen LogP) is 0.970. The highest BCUT2D eigenvalue weighted by atomic mass is 16.5. The second-order valence-corrected chi connectivity index (χ2v) is 6.03. The lowest BCUT2D eigenvalue weighted by atomic mass is 9.91. The van der Waals surface area contributed by atoms with Gasteiger partial charge in [-0.25, -0.2) is 4.98 Å². The van der Waals surface area contributed by atoms with E-state index in [9.17, 15) is 4.79 Å². The highest BCUT2D eigenvalue weighted by Crippen LogP contribution is 2.30. The van der Waals surface area contributed by atoms with E-state index in [-0.39, 0.29) is 48.0 Å². The molecule has 2 atom stereocenters. The fourth-order valence-corrected chi connectivity index (χ4v) is 3.05. The Morgan fingerprint density at radius 3 is 2.96 bits per heavy atom. The molecule has 0 bridgehead atoms. The number of nitrogens with two attached hydrogens (primary N) is 1. The lowest BCUT2D eigenvalue weighted by molar-refractivity contribution is 0.0879. The molecule has 0 saturated heterocycles. The molecule has 2 aliphatic rings. The lowest BCUT2D eigenvalue weighted by Gasteiger charge is -2.29. The van der Waals surface area contributed by atoms with Crippen LogP contribution >= 0.6 is 0 Å². The normalized spacial score (nSPS) is 22.5. The van der Waals surface area contributed by atoms with Gasteiger partial charge < -0.3 is 25.5 Å². The van der Waals surface area contributed by atoms with Gasteiger partial charge in [-0.05, 0) is 12.8 Å². The molecule has 1 amide bonds. The van der Waals surface area contributed by atoms with Gasteiger partial charge in [0.05, 0.1) is 6.20 Å². The zero-order chi connectivity index (χ0) is 17.2. The summed E-state index contributed by atoms with van der Waals surface area (Å²) in [7, 11) is 0. The van der Waals surface area contributed by atoms with E-state index in [0.717, 1.165) is 25.7 Å². The van der Waals surface area contributed by atoms with Crippen molar-refractivity contribution < 1.29 is 13.9 Å². The Morgan fingerprint density at radius 1 is 1.28 bits per heavy atom. The Bertz CT molecular complexity index is 765. The molecule has 1 saturated carbocycles. The van der Waals surface area contributed by atoms with Crippen LogP contribution in [-0.4, -0.2) is 39.7 Å². The van der Waals surface area contributed by atoms with Crippen LogP contribution in [0.4, 0.5) is 17.8 Å². The van der Waals surface area contributed by atoms with Gasteiger partial charge in [-0.3, -0.25) is 10.1 Å². The van der Waals surface area contributed by atoms with Crippen molar-refractivity contribution in [2.45, 2.75) is 37.8 Å². The number of oxazole rings is 1. The monoisotopic (exact) mass is 345 g/mol. The van der Waals surface area contributed by atoms with Crippen LogP contribution in [0.25, 0.3) is 0 Å². The van der Waals surface area contributed by atoms with Gasteiger partial charge in [0.15, 0.2) is 12.5 Å². The van der Waals surface area contributed by atoms with Crippen molar-refractivity contribution in [2.24, 2.45) is 5.73 Å². The standard InChI is InChI=1S/C15H19N7O3/c16-8-3-1-2-4-9(8)19-14-20-11(21-15-17-5-6-24-15)10-12(23)18-7-25-13(10)22-14/h5-6,8-9H,1-4,7,16H2,(H,18,23)(H2,17,19,20,21,22). The quantitative estimate of drug-likeness (QED) is 0.638. The summed E-state index contributed by atoms with van der Waals surface area (Å²) in [5.74, 6) is 0.497.